The maximum atomic E-state index is 14.4. The van der Waals surface area contributed by atoms with Gasteiger partial charge in [-0.2, -0.15) is 4.99 Å². The van der Waals surface area contributed by atoms with Crippen LogP contribution in [0, 0.1) is 12.7 Å². The normalized spacial score (nSPS) is 24.5. The summed E-state index contributed by atoms with van der Waals surface area (Å²) in [5, 5.41) is 0.114. The Morgan fingerprint density at radius 3 is 2.61 bits per heavy atom. The molecule has 146 valence electrons. The molecular weight excluding hydrogens is 399 g/mol. The van der Waals surface area contributed by atoms with Crippen molar-refractivity contribution in [3.05, 3.63) is 65.5 Å². The number of aliphatic imine (C=N–C) groups is 1. The van der Waals surface area contributed by atoms with E-state index in [1.165, 1.54) is 17.8 Å². The third kappa shape index (κ3) is 3.84. The number of carbonyl (C=O) groups is 1. The Morgan fingerprint density at radius 1 is 1.18 bits per heavy atom. The number of rotatable bonds is 3. The number of carbonyl (C=O) groups excluding carboxylic acids is 1. The molecule has 8 heteroatoms. The minimum atomic E-state index is -3.19. The summed E-state index contributed by atoms with van der Waals surface area (Å²) >= 11 is 1.25. The third-order valence-corrected chi connectivity index (χ3v) is 8.08. The van der Waals surface area contributed by atoms with Gasteiger partial charge >= 0.3 is 0 Å². The van der Waals surface area contributed by atoms with Crippen molar-refractivity contribution in [2.24, 2.45) is 4.99 Å². The zero-order valence-corrected chi connectivity index (χ0v) is 16.8. The lowest BCUT2D eigenvalue weighted by Gasteiger charge is -2.24. The summed E-state index contributed by atoms with van der Waals surface area (Å²) in [6.07, 6.45) is 0.142. The summed E-state index contributed by atoms with van der Waals surface area (Å²) in [6, 6.07) is 13.4. The Kier molecular flexibility index (Phi) is 5.01. The third-order valence-electron chi connectivity index (χ3n) is 4.87. The van der Waals surface area contributed by atoms with Gasteiger partial charge in [-0.25, -0.2) is 12.8 Å². The molecule has 0 radical (unpaired) electrons. The van der Waals surface area contributed by atoms with Gasteiger partial charge in [-0.1, -0.05) is 53.7 Å². The average Bonchev–Trinajstić information content (AvgIpc) is 3.08. The van der Waals surface area contributed by atoms with Gasteiger partial charge in [0.05, 0.1) is 29.7 Å². The number of anilines is 1. The summed E-state index contributed by atoms with van der Waals surface area (Å²) in [7, 11) is -3.19. The van der Waals surface area contributed by atoms with Crippen molar-refractivity contribution in [3.8, 4) is 0 Å². The monoisotopic (exact) mass is 418 g/mol. The molecule has 5 nitrogen and oxygen atoms in total. The van der Waals surface area contributed by atoms with Gasteiger partial charge in [-0.15, -0.1) is 0 Å². The number of fused-ring (bicyclic) bond motifs is 1. The molecule has 0 bridgehead atoms. The standard InChI is InChI=1S/C20H19FN2O3S2/c1-13-6-8-14(9-7-13)10-19(24)22-20-23(16-5-3-2-4-15(16)21)17-11-28(25,26)12-18(17)27-20/h2-9,17-18H,10-12H2,1H3/t17-,18-/m0/s1. The number of hydrogen-bond donors (Lipinski definition) is 0. The van der Waals surface area contributed by atoms with E-state index in [2.05, 4.69) is 4.99 Å². The molecule has 1 amide bonds. The van der Waals surface area contributed by atoms with Crippen LogP contribution >= 0.6 is 11.8 Å². The van der Waals surface area contributed by atoms with Crippen LogP contribution in [-0.2, 0) is 21.1 Å². The van der Waals surface area contributed by atoms with Crippen molar-refractivity contribution in [3.63, 3.8) is 0 Å². The number of sulfone groups is 1. The van der Waals surface area contributed by atoms with Crippen LogP contribution in [0.25, 0.3) is 0 Å². The highest BCUT2D eigenvalue weighted by Gasteiger charge is 2.49. The van der Waals surface area contributed by atoms with E-state index in [4.69, 9.17) is 0 Å². The van der Waals surface area contributed by atoms with Crippen LogP contribution in [0.15, 0.2) is 53.5 Å². The maximum absolute atomic E-state index is 14.4. The first-order valence-electron chi connectivity index (χ1n) is 8.90. The van der Waals surface area contributed by atoms with Crippen LogP contribution in [0.2, 0.25) is 0 Å². The Balaban J connectivity index is 1.65. The van der Waals surface area contributed by atoms with Gasteiger partial charge in [0, 0.05) is 5.25 Å². The van der Waals surface area contributed by atoms with Crippen LogP contribution in [0.1, 0.15) is 11.1 Å². The molecule has 2 heterocycles. The van der Waals surface area contributed by atoms with E-state index < -0.39 is 21.7 Å². The first-order valence-corrected chi connectivity index (χ1v) is 11.6. The number of amides is 1. The Labute approximate surface area is 167 Å². The summed E-state index contributed by atoms with van der Waals surface area (Å²) in [6.45, 7) is 1.97. The summed E-state index contributed by atoms with van der Waals surface area (Å²) in [5.41, 5.74) is 2.21. The zero-order chi connectivity index (χ0) is 19.9. The highest BCUT2D eigenvalue weighted by atomic mass is 32.2. The maximum Gasteiger partial charge on any atom is 0.252 e. The van der Waals surface area contributed by atoms with Crippen LogP contribution < -0.4 is 4.90 Å². The summed E-state index contributed by atoms with van der Waals surface area (Å²) < 4.78 is 38.6. The van der Waals surface area contributed by atoms with Gasteiger partial charge in [0.15, 0.2) is 15.0 Å². The topological polar surface area (TPSA) is 66.8 Å². The fraction of sp³-hybridized carbons (Fsp3) is 0.300. The number of halogens is 1. The lowest BCUT2D eigenvalue weighted by Crippen LogP contribution is -2.38. The van der Waals surface area contributed by atoms with Crippen molar-refractivity contribution in [1.29, 1.82) is 0 Å². The highest BCUT2D eigenvalue weighted by molar-refractivity contribution is 8.16. The predicted octanol–water partition coefficient (Wildman–Crippen LogP) is 2.98. The molecule has 4 rings (SSSR count). The molecule has 2 fully saturated rings. The molecule has 2 saturated heterocycles. The summed E-state index contributed by atoms with van der Waals surface area (Å²) in [5.74, 6) is -0.856. The SMILES string of the molecule is Cc1ccc(CC(=O)N=C2S[C@H]3CS(=O)(=O)C[C@@H]3N2c2ccccc2F)cc1. The fourth-order valence-electron chi connectivity index (χ4n) is 3.52. The van der Waals surface area contributed by atoms with Crippen LogP contribution in [0.4, 0.5) is 10.1 Å². The minimum Gasteiger partial charge on any atom is -0.313 e. The minimum absolute atomic E-state index is 0.0124. The molecule has 2 aromatic carbocycles. The van der Waals surface area contributed by atoms with E-state index in [0.717, 1.165) is 11.1 Å². The number of nitrogens with zero attached hydrogens (tertiary/aromatic N) is 2. The van der Waals surface area contributed by atoms with E-state index in [1.807, 2.05) is 31.2 Å². The number of benzene rings is 2. The van der Waals surface area contributed by atoms with E-state index in [-0.39, 0.29) is 34.8 Å². The molecule has 2 atom stereocenters. The molecule has 0 aliphatic carbocycles. The van der Waals surface area contributed by atoms with Crippen molar-refractivity contribution < 1.29 is 17.6 Å². The van der Waals surface area contributed by atoms with Gasteiger partial charge in [-0.3, -0.25) is 4.79 Å². The molecule has 2 aliphatic rings. The predicted molar refractivity (Wildman–Crippen MR) is 110 cm³/mol. The van der Waals surface area contributed by atoms with Gasteiger partial charge in [0.25, 0.3) is 5.91 Å². The smallest absolute Gasteiger partial charge is 0.252 e. The van der Waals surface area contributed by atoms with Crippen molar-refractivity contribution in [2.45, 2.75) is 24.6 Å². The van der Waals surface area contributed by atoms with Crippen molar-refractivity contribution in [1.82, 2.24) is 0 Å². The largest absolute Gasteiger partial charge is 0.313 e. The quantitative estimate of drug-likeness (QED) is 0.767. The van der Waals surface area contributed by atoms with Gasteiger partial charge in [0.1, 0.15) is 5.82 Å². The second-order valence-electron chi connectivity index (χ2n) is 7.07. The average molecular weight is 419 g/mol. The van der Waals surface area contributed by atoms with E-state index >= 15 is 0 Å². The number of aryl methyl sites for hydroxylation is 1. The lowest BCUT2D eigenvalue weighted by molar-refractivity contribution is -0.117. The Morgan fingerprint density at radius 2 is 1.89 bits per heavy atom. The highest BCUT2D eigenvalue weighted by Crippen LogP contribution is 2.41. The fourth-order valence-corrected chi connectivity index (χ4v) is 7.44. The second-order valence-corrected chi connectivity index (χ2v) is 10.4. The zero-order valence-electron chi connectivity index (χ0n) is 15.2. The van der Waals surface area contributed by atoms with E-state index in [1.54, 1.807) is 23.1 Å². The molecule has 0 saturated carbocycles. The van der Waals surface area contributed by atoms with Gasteiger partial charge in [0.2, 0.25) is 0 Å². The number of amidine groups is 1. The Hall–Kier alpha value is -2.19. The first-order chi connectivity index (χ1) is 13.3. The molecule has 2 aliphatic heterocycles. The molecule has 0 aromatic heterocycles. The van der Waals surface area contributed by atoms with Crippen molar-refractivity contribution >= 4 is 38.4 Å². The molecule has 0 unspecified atom stereocenters. The lowest BCUT2D eigenvalue weighted by atomic mass is 10.1. The molecule has 28 heavy (non-hydrogen) atoms. The molecule has 0 N–H and O–H groups in total. The molecule has 2 aromatic rings. The number of para-hydroxylation sites is 1. The second kappa shape index (κ2) is 7.33. The van der Waals surface area contributed by atoms with E-state index in [0.29, 0.717) is 5.17 Å². The van der Waals surface area contributed by atoms with Gasteiger partial charge in [-0.05, 0) is 24.6 Å². The van der Waals surface area contributed by atoms with Crippen LogP contribution in [0.5, 0.6) is 0 Å². The molecular formula is C20H19FN2O3S2. The van der Waals surface area contributed by atoms with Crippen LogP contribution in [-0.4, -0.2) is 42.3 Å². The van der Waals surface area contributed by atoms with Crippen LogP contribution in [0.3, 0.4) is 0 Å². The molecule has 0 spiro atoms. The Bertz CT molecular complexity index is 1050. The summed E-state index contributed by atoms with van der Waals surface area (Å²) in [4.78, 5) is 18.3. The van der Waals surface area contributed by atoms with E-state index in [9.17, 15) is 17.6 Å². The van der Waals surface area contributed by atoms with Crippen molar-refractivity contribution in [2.75, 3.05) is 16.4 Å². The number of hydrogen-bond acceptors (Lipinski definition) is 4. The van der Waals surface area contributed by atoms with Gasteiger partial charge < -0.3 is 4.90 Å². The first kappa shape index (κ1) is 19.1. The number of thioether (sulfide) groups is 1.